The first kappa shape index (κ1) is 33.8. The third-order valence-corrected chi connectivity index (χ3v) is 1.18. The third kappa shape index (κ3) is 71.3. The summed E-state index contributed by atoms with van der Waals surface area (Å²) in [5.41, 5.74) is 0. The van der Waals surface area contributed by atoms with E-state index < -0.39 is 37.2 Å². The second kappa shape index (κ2) is 23.6. The normalized spacial score (nSPS) is 7.38. The van der Waals surface area contributed by atoms with Crippen LogP contribution in [0, 0.1) is 6.92 Å². The van der Waals surface area contributed by atoms with Crippen molar-refractivity contribution in [3.05, 3.63) is 6.92 Å². The first-order valence-electron chi connectivity index (χ1n) is 6.17. The molecule has 0 atom stereocenters. The Kier molecular flexibility index (Phi) is 33.2. The van der Waals surface area contributed by atoms with Gasteiger partial charge in [0.1, 0.15) is 17.3 Å². The van der Waals surface area contributed by atoms with Gasteiger partial charge >= 0.3 is 26.2 Å². The molecule has 0 spiro atoms. The van der Waals surface area contributed by atoms with Crippen LogP contribution in [-0.2, 0) is 55.0 Å². The summed E-state index contributed by atoms with van der Waals surface area (Å²) < 4.78 is 0. The van der Waals surface area contributed by atoms with Crippen molar-refractivity contribution < 1.29 is 70.3 Å². The molecule has 0 aromatic heterocycles. The van der Waals surface area contributed by atoms with Crippen LogP contribution in [0.1, 0.15) is 47.0 Å². The Morgan fingerprint density at radius 3 is 0.708 bits per heavy atom. The second-order valence-electron chi connectivity index (χ2n) is 3.75. The van der Waals surface area contributed by atoms with Gasteiger partial charge in [0.2, 0.25) is 0 Å². The fraction of sp³-hybridized carbons (Fsp3) is 0.500. The van der Waals surface area contributed by atoms with Gasteiger partial charge in [0.05, 0.1) is 0 Å². The number of carboxylic acids is 3. The van der Waals surface area contributed by atoms with E-state index in [1.165, 1.54) is 20.8 Å². The number of carboxylic acid groups (broad SMARTS) is 3. The van der Waals surface area contributed by atoms with Crippen molar-refractivity contribution >= 4 is 35.3 Å². The van der Waals surface area contributed by atoms with Gasteiger partial charge in [-0.25, -0.2) is 0 Å². The first-order chi connectivity index (χ1) is 10.4. The molecule has 0 rings (SSSR count). The molecule has 0 aliphatic rings. The summed E-state index contributed by atoms with van der Waals surface area (Å²) >= 11 is 0. The summed E-state index contributed by atoms with van der Waals surface area (Å²) in [6.45, 7) is 8.61. The Balaban J connectivity index is -0.0000000699. The number of Topliss-reactive ketones (excluding diaryl/α,β-unsaturated/α-hetero) is 3. The van der Waals surface area contributed by atoms with Crippen LogP contribution in [0.4, 0.5) is 0 Å². The molecule has 0 aliphatic carbocycles. The van der Waals surface area contributed by atoms with Crippen molar-refractivity contribution in [3.8, 4) is 0 Å². The van der Waals surface area contributed by atoms with Crippen LogP contribution in [-0.4, -0.2) is 35.3 Å². The van der Waals surface area contributed by atoms with Crippen LogP contribution in [0.15, 0.2) is 0 Å². The van der Waals surface area contributed by atoms with Crippen molar-refractivity contribution in [1.29, 1.82) is 0 Å². The van der Waals surface area contributed by atoms with E-state index in [-0.39, 0.29) is 43.6 Å². The maximum absolute atomic E-state index is 9.83. The minimum absolute atomic E-state index is 0. The molecular formula is C14H20O9Zr. The summed E-state index contributed by atoms with van der Waals surface area (Å²) in [5.74, 6) is -5.06. The molecule has 134 valence electrons. The largest absolute Gasteiger partial charge is 4.00 e. The average molecular weight is 424 g/mol. The number of ketones is 3. The van der Waals surface area contributed by atoms with Crippen molar-refractivity contribution in [3.63, 3.8) is 0 Å². The second-order valence-corrected chi connectivity index (χ2v) is 3.75. The molecule has 0 aliphatic heterocycles. The van der Waals surface area contributed by atoms with Gasteiger partial charge in [0.25, 0.3) is 0 Å². The zero-order chi connectivity index (χ0) is 19.6. The molecule has 24 heavy (non-hydrogen) atoms. The molecule has 0 radical (unpaired) electrons. The molecule has 9 nitrogen and oxygen atoms in total. The van der Waals surface area contributed by atoms with E-state index in [0.717, 1.165) is 0 Å². The van der Waals surface area contributed by atoms with Crippen LogP contribution >= 0.6 is 0 Å². The molecule has 0 N–H and O–H groups in total. The molecule has 0 bridgehead atoms. The van der Waals surface area contributed by atoms with E-state index in [9.17, 15) is 44.1 Å². The number of hydrogen-bond acceptors (Lipinski definition) is 9. The smallest absolute Gasteiger partial charge is 0.550 e. The minimum atomic E-state index is -1.31. The third-order valence-electron chi connectivity index (χ3n) is 1.18. The number of carbonyl (C=O) groups excluding carboxylic acids is 6. The quantitative estimate of drug-likeness (QED) is 0.318. The molecule has 0 aromatic carbocycles. The van der Waals surface area contributed by atoms with Gasteiger partial charge in [-0.1, -0.05) is 0 Å². The molecular weight excluding hydrogens is 403 g/mol. The number of carbonyl (C=O) groups is 6. The maximum Gasteiger partial charge on any atom is 4.00 e. The standard InChI is InChI=1S/3C4H6O3.C2H5.Zr/c3*1-3(5)2-4(6)7;1-2;/h3*2H2,1H3,(H,6,7);1H2,2H3;/q;;;-1;+4/p-3. The fourth-order valence-corrected chi connectivity index (χ4v) is 0.610. The molecule has 10 heteroatoms. The van der Waals surface area contributed by atoms with E-state index in [0.29, 0.717) is 0 Å². The van der Waals surface area contributed by atoms with Crippen LogP contribution in [0.25, 0.3) is 0 Å². The molecule has 0 saturated carbocycles. The molecule has 0 saturated heterocycles. The van der Waals surface area contributed by atoms with Crippen LogP contribution < -0.4 is 15.3 Å². The topological polar surface area (TPSA) is 172 Å². The summed E-state index contributed by atoms with van der Waals surface area (Å²) in [6, 6.07) is 0. The number of rotatable bonds is 6. The Morgan fingerprint density at radius 1 is 0.583 bits per heavy atom. The van der Waals surface area contributed by atoms with E-state index in [1.807, 2.05) is 0 Å². The van der Waals surface area contributed by atoms with E-state index in [4.69, 9.17) is 0 Å². The van der Waals surface area contributed by atoms with Gasteiger partial charge in [0, 0.05) is 37.2 Å². The summed E-state index contributed by atoms with van der Waals surface area (Å²) in [4.78, 5) is 57.9. The summed E-state index contributed by atoms with van der Waals surface area (Å²) in [5, 5.41) is 28.4. The van der Waals surface area contributed by atoms with E-state index in [1.54, 1.807) is 6.92 Å². The fourth-order valence-electron chi connectivity index (χ4n) is 0.610. The zero-order valence-corrected chi connectivity index (χ0v) is 16.5. The summed E-state index contributed by atoms with van der Waals surface area (Å²) in [7, 11) is 0. The van der Waals surface area contributed by atoms with Gasteiger partial charge in [0.15, 0.2) is 0 Å². The molecule has 0 unspecified atom stereocenters. The van der Waals surface area contributed by atoms with Gasteiger partial charge in [-0.3, -0.25) is 14.4 Å². The Labute approximate surface area is 159 Å². The Bertz CT molecular complexity index is 319. The maximum atomic E-state index is 9.83. The van der Waals surface area contributed by atoms with E-state index in [2.05, 4.69) is 6.92 Å². The van der Waals surface area contributed by atoms with Crippen LogP contribution in [0.5, 0.6) is 0 Å². The summed E-state index contributed by atoms with van der Waals surface area (Å²) in [6.07, 6.45) is -1.42. The van der Waals surface area contributed by atoms with Gasteiger partial charge in [-0.05, 0) is 20.8 Å². The van der Waals surface area contributed by atoms with E-state index >= 15 is 0 Å². The molecule has 0 fully saturated rings. The van der Waals surface area contributed by atoms with Crippen molar-refractivity contribution in [2.45, 2.75) is 47.0 Å². The Hall–Kier alpha value is -1.70. The van der Waals surface area contributed by atoms with Crippen LogP contribution in [0.3, 0.4) is 0 Å². The van der Waals surface area contributed by atoms with Gasteiger partial charge in [-0.2, -0.15) is 6.92 Å². The molecule has 0 amide bonds. The number of hydrogen-bond donors (Lipinski definition) is 0. The van der Waals surface area contributed by atoms with Crippen LogP contribution in [0.2, 0.25) is 0 Å². The molecule has 0 heterocycles. The predicted octanol–water partition coefficient (Wildman–Crippen LogP) is -3.02. The van der Waals surface area contributed by atoms with Crippen molar-refractivity contribution in [2.24, 2.45) is 0 Å². The monoisotopic (exact) mass is 422 g/mol. The average Bonchev–Trinajstić information content (AvgIpc) is 2.26. The van der Waals surface area contributed by atoms with Crippen molar-refractivity contribution in [1.82, 2.24) is 0 Å². The minimum Gasteiger partial charge on any atom is -0.550 e. The van der Waals surface area contributed by atoms with Gasteiger partial charge in [-0.15, -0.1) is 0 Å². The SMILES string of the molecule is CC(=O)CC(=O)[O-].CC(=O)CC(=O)[O-].CC(=O)CC(=O)[O-].[CH2-]C.[Zr+4]. The first-order valence-corrected chi connectivity index (χ1v) is 6.17. The Morgan fingerprint density at radius 2 is 0.708 bits per heavy atom. The zero-order valence-electron chi connectivity index (χ0n) is 14.0. The van der Waals surface area contributed by atoms with Crippen molar-refractivity contribution in [2.75, 3.05) is 0 Å². The predicted molar refractivity (Wildman–Crippen MR) is 71.9 cm³/mol. The number of aliphatic carboxylic acids is 3. The van der Waals surface area contributed by atoms with Gasteiger partial charge < -0.3 is 36.6 Å². The molecule has 0 aromatic rings.